The van der Waals surface area contributed by atoms with Crippen LogP contribution in [0, 0.1) is 6.92 Å². The molecule has 0 N–H and O–H groups in total. The Balaban J connectivity index is 1.61. The van der Waals surface area contributed by atoms with E-state index in [4.69, 9.17) is 14.9 Å². The largest absolute Gasteiger partial charge is 0.422 e. The molecule has 0 radical (unpaired) electrons. The Bertz CT molecular complexity index is 1630. The van der Waals surface area contributed by atoms with E-state index in [-0.39, 0.29) is 24.3 Å². The predicted octanol–water partition coefficient (Wildman–Crippen LogP) is 7.25. The van der Waals surface area contributed by atoms with Crippen molar-refractivity contribution in [1.82, 2.24) is 9.78 Å². The Morgan fingerprint density at radius 3 is 1.93 bits per heavy atom. The van der Waals surface area contributed by atoms with Gasteiger partial charge in [-0.05, 0) is 42.3 Å². The van der Waals surface area contributed by atoms with E-state index in [2.05, 4.69) is 24.3 Å². The van der Waals surface area contributed by atoms with E-state index in [1.165, 1.54) is 0 Å². The summed E-state index contributed by atoms with van der Waals surface area (Å²) in [7, 11) is 0. The van der Waals surface area contributed by atoms with E-state index in [0.717, 1.165) is 33.9 Å². The van der Waals surface area contributed by atoms with E-state index in [0.29, 0.717) is 11.4 Å². The van der Waals surface area contributed by atoms with Gasteiger partial charge in [-0.25, -0.2) is 4.68 Å². The van der Waals surface area contributed by atoms with Gasteiger partial charge in [-0.3, -0.25) is 9.80 Å². The third-order valence-corrected chi connectivity index (χ3v) is 7.21. The molecule has 0 unspecified atom stereocenters. The Morgan fingerprint density at radius 1 is 0.775 bits per heavy atom. The van der Waals surface area contributed by atoms with Crippen LogP contribution in [-0.2, 0) is 4.79 Å². The number of rotatable bonds is 7. The van der Waals surface area contributed by atoms with Crippen molar-refractivity contribution >= 4 is 17.4 Å². The third-order valence-electron chi connectivity index (χ3n) is 7.21. The second kappa shape index (κ2) is 11.0. The number of hydrogen-bond acceptors (Lipinski definition) is 5. The number of anilines is 1. The van der Waals surface area contributed by atoms with E-state index in [9.17, 15) is 4.79 Å². The van der Waals surface area contributed by atoms with Crippen molar-refractivity contribution in [2.24, 2.45) is 5.10 Å². The normalized spacial score (nSPS) is 16.6. The number of ether oxygens (including phenoxy) is 1. The number of hydrogen-bond donors (Lipinski definition) is 0. The van der Waals surface area contributed by atoms with Crippen molar-refractivity contribution in [3.8, 4) is 11.4 Å². The minimum Gasteiger partial charge on any atom is -0.422 e. The van der Waals surface area contributed by atoms with Gasteiger partial charge in [-0.15, -0.1) is 0 Å². The minimum absolute atomic E-state index is 0.179. The molecule has 0 fully saturated rings. The summed E-state index contributed by atoms with van der Waals surface area (Å²) in [5.41, 5.74) is 6.31. The zero-order chi connectivity index (χ0) is 27.5. The molecule has 198 valence electrons. The molecule has 0 spiro atoms. The van der Waals surface area contributed by atoms with Crippen LogP contribution < -0.4 is 9.75 Å². The average Bonchev–Trinajstić information content (AvgIpc) is 3.57. The maximum atomic E-state index is 12.7. The molecule has 0 amide bonds. The maximum absolute atomic E-state index is 12.7. The van der Waals surface area contributed by atoms with Crippen LogP contribution in [0.5, 0.6) is 5.75 Å². The molecule has 0 saturated heterocycles. The fraction of sp³-hybridized carbons (Fsp3) is 0.147. The zero-order valence-corrected chi connectivity index (χ0v) is 22.5. The number of aromatic nitrogens is 2. The number of benzene rings is 4. The number of esters is 1. The van der Waals surface area contributed by atoms with Gasteiger partial charge in [0.05, 0.1) is 28.7 Å². The van der Waals surface area contributed by atoms with E-state index >= 15 is 0 Å². The first-order chi connectivity index (χ1) is 19.7. The van der Waals surface area contributed by atoms with E-state index in [1.807, 2.05) is 114 Å². The summed E-state index contributed by atoms with van der Waals surface area (Å²) in [5.74, 6) is -0.00447. The van der Waals surface area contributed by atoms with E-state index < -0.39 is 0 Å². The number of hydrazone groups is 1. The summed E-state index contributed by atoms with van der Waals surface area (Å²) in [4.78, 5) is 12.7. The lowest BCUT2D eigenvalue weighted by atomic mass is 9.83. The molecule has 2 heterocycles. The molecule has 1 aromatic heterocycles. The number of carbonyl (C=O) groups is 1. The van der Waals surface area contributed by atoms with Crippen molar-refractivity contribution in [1.29, 1.82) is 0 Å². The second-order valence-electron chi connectivity index (χ2n) is 9.74. The molecule has 5 aromatic rings. The molecular weight excluding hydrogens is 496 g/mol. The fourth-order valence-electron chi connectivity index (χ4n) is 5.29. The zero-order valence-electron chi connectivity index (χ0n) is 22.5. The fourth-order valence-corrected chi connectivity index (χ4v) is 5.29. The first kappa shape index (κ1) is 25.3. The highest BCUT2D eigenvalue weighted by molar-refractivity contribution is 6.08. The van der Waals surface area contributed by atoms with Crippen LogP contribution in [-0.4, -0.2) is 21.5 Å². The highest BCUT2D eigenvalue weighted by Crippen LogP contribution is 2.48. The summed E-state index contributed by atoms with van der Waals surface area (Å²) in [6.07, 6.45) is 0.260. The van der Waals surface area contributed by atoms with Gasteiger partial charge in [0.1, 0.15) is 11.7 Å². The van der Waals surface area contributed by atoms with Crippen LogP contribution >= 0.6 is 0 Å². The Labute approximate surface area is 234 Å². The van der Waals surface area contributed by atoms with Crippen LogP contribution in [0.2, 0.25) is 0 Å². The second-order valence-corrected chi connectivity index (χ2v) is 9.74. The lowest BCUT2D eigenvalue weighted by Gasteiger charge is -2.28. The Hall–Kier alpha value is -4.97. The molecule has 1 aliphatic rings. The number of nitrogens with zero attached hydrogens (tertiary/aromatic N) is 4. The lowest BCUT2D eigenvalue weighted by molar-refractivity contribution is -0.134. The van der Waals surface area contributed by atoms with Crippen molar-refractivity contribution in [3.63, 3.8) is 0 Å². The molecule has 6 heteroatoms. The molecule has 40 heavy (non-hydrogen) atoms. The van der Waals surface area contributed by atoms with Crippen molar-refractivity contribution in [2.45, 2.75) is 32.2 Å². The van der Waals surface area contributed by atoms with Gasteiger partial charge in [0, 0.05) is 6.42 Å². The highest BCUT2D eigenvalue weighted by atomic mass is 16.5. The smallest absolute Gasteiger partial charge is 0.311 e. The SMILES string of the molecule is CCC(=O)Oc1c([C@H]2[C@H](c3ccccc3)C(c3ccccc3)=NN2c2ccccc2)nn(-c2ccccc2)c1C. The number of carbonyl (C=O) groups excluding carboxylic acids is 1. The summed E-state index contributed by atoms with van der Waals surface area (Å²) in [6.45, 7) is 3.74. The first-order valence-electron chi connectivity index (χ1n) is 13.5. The van der Waals surface area contributed by atoms with Crippen LogP contribution in [0.15, 0.2) is 126 Å². The highest BCUT2D eigenvalue weighted by Gasteiger charge is 2.44. The van der Waals surface area contributed by atoms with Gasteiger partial charge in [0.25, 0.3) is 0 Å². The topological polar surface area (TPSA) is 59.7 Å². The predicted molar refractivity (Wildman–Crippen MR) is 158 cm³/mol. The van der Waals surface area contributed by atoms with Crippen LogP contribution in [0.4, 0.5) is 5.69 Å². The van der Waals surface area contributed by atoms with Gasteiger partial charge < -0.3 is 4.74 Å². The molecular formula is C34H30N4O2. The Kier molecular flexibility index (Phi) is 6.98. The molecule has 6 nitrogen and oxygen atoms in total. The van der Waals surface area contributed by atoms with Gasteiger partial charge in [-0.1, -0.05) is 104 Å². The lowest BCUT2D eigenvalue weighted by Crippen LogP contribution is -2.26. The Morgan fingerprint density at radius 2 is 1.32 bits per heavy atom. The summed E-state index contributed by atoms with van der Waals surface area (Å²) in [5, 5.41) is 12.4. The number of para-hydroxylation sites is 2. The molecule has 0 bridgehead atoms. The maximum Gasteiger partial charge on any atom is 0.311 e. The van der Waals surface area contributed by atoms with Gasteiger partial charge in [-0.2, -0.15) is 10.2 Å². The summed E-state index contributed by atoms with van der Waals surface area (Å²) >= 11 is 0. The first-order valence-corrected chi connectivity index (χ1v) is 13.5. The van der Waals surface area contributed by atoms with Crippen LogP contribution in [0.3, 0.4) is 0 Å². The molecule has 1 aliphatic heterocycles. The molecule has 6 rings (SSSR count). The van der Waals surface area contributed by atoms with Crippen molar-refractivity contribution in [3.05, 3.63) is 144 Å². The van der Waals surface area contributed by atoms with Gasteiger partial charge in [0.15, 0.2) is 5.75 Å². The standard InChI is InChI=1S/C34H30N4O2/c1-3-29(39)40-34-24(2)37(27-20-12-6-13-21-27)36-32(34)33-30(25-16-8-4-9-17-25)31(26-18-10-5-11-19-26)35-38(33)28-22-14-7-15-23-28/h4-23,30,33H,3H2,1-2H3/t30-,33-/m1/s1. The molecule has 0 saturated carbocycles. The minimum atomic E-state index is -0.372. The quantitative estimate of drug-likeness (QED) is 0.210. The van der Waals surface area contributed by atoms with Gasteiger partial charge in [0.2, 0.25) is 0 Å². The van der Waals surface area contributed by atoms with E-state index in [1.54, 1.807) is 6.92 Å². The average molecular weight is 527 g/mol. The molecule has 0 aliphatic carbocycles. The summed E-state index contributed by atoms with van der Waals surface area (Å²) in [6, 6.07) is 40.3. The van der Waals surface area contributed by atoms with Gasteiger partial charge >= 0.3 is 5.97 Å². The molecule has 4 aromatic carbocycles. The van der Waals surface area contributed by atoms with Crippen LogP contribution in [0.25, 0.3) is 5.69 Å². The third kappa shape index (κ3) is 4.69. The monoisotopic (exact) mass is 526 g/mol. The summed E-state index contributed by atoms with van der Waals surface area (Å²) < 4.78 is 7.91. The van der Waals surface area contributed by atoms with Crippen molar-refractivity contribution in [2.75, 3.05) is 5.01 Å². The van der Waals surface area contributed by atoms with Crippen molar-refractivity contribution < 1.29 is 9.53 Å². The van der Waals surface area contributed by atoms with Crippen LogP contribution in [0.1, 0.15) is 47.8 Å². The molecule has 2 atom stereocenters.